The average molecular weight is 259 g/mol. The first-order chi connectivity index (χ1) is 9.06. The molecule has 1 atom stereocenters. The first kappa shape index (κ1) is 13.6. The van der Waals surface area contributed by atoms with Gasteiger partial charge in [-0.05, 0) is 26.3 Å². The highest BCUT2D eigenvalue weighted by molar-refractivity contribution is 5.39. The molecule has 1 aromatic heterocycles. The summed E-state index contributed by atoms with van der Waals surface area (Å²) in [4.78, 5) is 0. The molecule has 0 aliphatic rings. The second-order valence-electron chi connectivity index (χ2n) is 4.81. The van der Waals surface area contributed by atoms with Crippen LogP contribution >= 0.6 is 0 Å². The zero-order valence-corrected chi connectivity index (χ0v) is 12.0. The zero-order valence-electron chi connectivity index (χ0n) is 12.0. The molecule has 4 heteroatoms. The number of nitrogens with two attached hydrogens (primary N) is 1. The van der Waals surface area contributed by atoms with Crippen molar-refractivity contribution in [3.63, 3.8) is 0 Å². The van der Waals surface area contributed by atoms with Crippen LogP contribution in [0.1, 0.15) is 35.3 Å². The molecule has 0 aliphatic carbocycles. The number of hydrogen-bond acceptors (Lipinski definition) is 3. The van der Waals surface area contributed by atoms with E-state index in [-0.39, 0.29) is 6.04 Å². The van der Waals surface area contributed by atoms with E-state index in [0.717, 1.165) is 23.6 Å². The van der Waals surface area contributed by atoms with Gasteiger partial charge < -0.3 is 10.5 Å². The number of aryl methyl sites for hydroxylation is 3. The summed E-state index contributed by atoms with van der Waals surface area (Å²) in [6.07, 6.45) is 1.72. The zero-order chi connectivity index (χ0) is 14.0. The maximum Gasteiger partial charge on any atom is 0.161 e. The van der Waals surface area contributed by atoms with Gasteiger partial charge in [-0.15, -0.1) is 0 Å². The van der Waals surface area contributed by atoms with E-state index in [1.807, 2.05) is 11.6 Å². The Morgan fingerprint density at radius 2 is 1.89 bits per heavy atom. The fraction of sp³-hybridized carbons (Fsp3) is 0.400. The monoisotopic (exact) mass is 259 g/mol. The van der Waals surface area contributed by atoms with Crippen LogP contribution < -0.4 is 10.5 Å². The maximum atomic E-state index is 6.41. The normalized spacial score (nSPS) is 12.5. The molecule has 0 spiro atoms. The predicted molar refractivity (Wildman–Crippen MR) is 76.4 cm³/mol. The van der Waals surface area contributed by atoms with Crippen LogP contribution in [0.3, 0.4) is 0 Å². The number of nitrogens with zero attached hydrogens (tertiary/aromatic N) is 2. The van der Waals surface area contributed by atoms with Crippen molar-refractivity contribution in [1.29, 1.82) is 0 Å². The van der Waals surface area contributed by atoms with Gasteiger partial charge in [0.1, 0.15) is 5.69 Å². The van der Waals surface area contributed by atoms with E-state index >= 15 is 0 Å². The van der Waals surface area contributed by atoms with Crippen LogP contribution in [0.25, 0.3) is 0 Å². The van der Waals surface area contributed by atoms with Crippen molar-refractivity contribution in [3.05, 3.63) is 46.8 Å². The molecule has 2 aromatic rings. The number of ether oxygens (including phenoxy) is 1. The highest BCUT2D eigenvalue weighted by Crippen LogP contribution is 2.29. The van der Waals surface area contributed by atoms with E-state index < -0.39 is 0 Å². The van der Waals surface area contributed by atoms with E-state index in [1.165, 1.54) is 11.1 Å². The minimum Gasteiger partial charge on any atom is -0.493 e. The number of benzene rings is 1. The van der Waals surface area contributed by atoms with Crippen molar-refractivity contribution in [3.8, 4) is 5.75 Å². The van der Waals surface area contributed by atoms with Gasteiger partial charge in [-0.3, -0.25) is 4.68 Å². The fourth-order valence-electron chi connectivity index (χ4n) is 2.45. The van der Waals surface area contributed by atoms with Crippen LogP contribution in [-0.4, -0.2) is 16.9 Å². The third kappa shape index (κ3) is 2.63. The standard InChI is InChI=1S/C15H21N3O/c1-5-18-15(13(19-4)9-17-18)14(16)12-7-10(2)6-11(3)8-12/h6-9,14H,5,16H2,1-4H3. The Balaban J connectivity index is 2.48. The average Bonchev–Trinajstić information content (AvgIpc) is 2.79. The van der Waals surface area contributed by atoms with Crippen LogP contribution in [0, 0.1) is 13.8 Å². The van der Waals surface area contributed by atoms with Crippen molar-refractivity contribution < 1.29 is 4.74 Å². The van der Waals surface area contributed by atoms with Gasteiger partial charge in [-0.25, -0.2) is 0 Å². The van der Waals surface area contributed by atoms with Gasteiger partial charge in [0.2, 0.25) is 0 Å². The molecule has 1 unspecified atom stereocenters. The van der Waals surface area contributed by atoms with Crippen molar-refractivity contribution >= 4 is 0 Å². The van der Waals surface area contributed by atoms with E-state index in [4.69, 9.17) is 10.5 Å². The lowest BCUT2D eigenvalue weighted by Crippen LogP contribution is -2.18. The molecule has 0 bridgehead atoms. The molecule has 1 aromatic carbocycles. The molecule has 1 heterocycles. The van der Waals surface area contributed by atoms with E-state index in [1.54, 1.807) is 13.3 Å². The molecular weight excluding hydrogens is 238 g/mol. The van der Waals surface area contributed by atoms with Crippen molar-refractivity contribution in [2.24, 2.45) is 5.73 Å². The second-order valence-corrected chi connectivity index (χ2v) is 4.81. The first-order valence-corrected chi connectivity index (χ1v) is 6.50. The molecular formula is C15H21N3O. The molecule has 0 aliphatic heterocycles. The fourth-order valence-corrected chi connectivity index (χ4v) is 2.45. The van der Waals surface area contributed by atoms with Crippen molar-refractivity contribution in [2.75, 3.05) is 7.11 Å². The molecule has 102 valence electrons. The van der Waals surface area contributed by atoms with Crippen LogP contribution in [0.2, 0.25) is 0 Å². The van der Waals surface area contributed by atoms with E-state index in [0.29, 0.717) is 0 Å². The van der Waals surface area contributed by atoms with E-state index in [2.05, 4.69) is 37.1 Å². The summed E-state index contributed by atoms with van der Waals surface area (Å²) < 4.78 is 7.26. The number of rotatable bonds is 4. The lowest BCUT2D eigenvalue weighted by Gasteiger charge is -2.16. The lowest BCUT2D eigenvalue weighted by molar-refractivity contribution is 0.404. The van der Waals surface area contributed by atoms with Crippen molar-refractivity contribution in [1.82, 2.24) is 9.78 Å². The molecule has 0 amide bonds. The topological polar surface area (TPSA) is 53.1 Å². The lowest BCUT2D eigenvalue weighted by atomic mass is 9.99. The van der Waals surface area contributed by atoms with Gasteiger partial charge in [0, 0.05) is 6.54 Å². The predicted octanol–water partition coefficient (Wildman–Crippen LogP) is 2.58. The molecule has 0 fully saturated rings. The summed E-state index contributed by atoms with van der Waals surface area (Å²) in [6.45, 7) is 6.98. The Kier molecular flexibility index (Phi) is 3.90. The summed E-state index contributed by atoms with van der Waals surface area (Å²) in [7, 11) is 1.65. The van der Waals surface area contributed by atoms with Crippen LogP contribution in [0.5, 0.6) is 5.75 Å². The highest BCUT2D eigenvalue weighted by Gasteiger charge is 2.20. The molecule has 2 rings (SSSR count). The summed E-state index contributed by atoms with van der Waals surface area (Å²) in [5, 5.41) is 4.31. The van der Waals surface area contributed by atoms with Crippen LogP contribution in [-0.2, 0) is 6.54 Å². The second kappa shape index (κ2) is 5.45. The summed E-state index contributed by atoms with van der Waals surface area (Å²) in [6, 6.07) is 6.15. The summed E-state index contributed by atoms with van der Waals surface area (Å²) in [5.74, 6) is 0.744. The van der Waals surface area contributed by atoms with Crippen LogP contribution in [0.15, 0.2) is 24.4 Å². The van der Waals surface area contributed by atoms with Gasteiger partial charge in [0.05, 0.1) is 19.3 Å². The van der Waals surface area contributed by atoms with Gasteiger partial charge in [-0.2, -0.15) is 5.10 Å². The summed E-state index contributed by atoms with van der Waals surface area (Å²) in [5.41, 5.74) is 10.9. The highest BCUT2D eigenvalue weighted by atomic mass is 16.5. The molecule has 0 saturated heterocycles. The minimum absolute atomic E-state index is 0.226. The van der Waals surface area contributed by atoms with Crippen LogP contribution in [0.4, 0.5) is 0 Å². The summed E-state index contributed by atoms with van der Waals surface area (Å²) >= 11 is 0. The van der Waals surface area contributed by atoms with Crippen molar-refractivity contribution in [2.45, 2.75) is 33.4 Å². The third-order valence-corrected chi connectivity index (χ3v) is 3.26. The number of aromatic nitrogens is 2. The van der Waals surface area contributed by atoms with Gasteiger partial charge in [-0.1, -0.05) is 29.3 Å². The largest absolute Gasteiger partial charge is 0.493 e. The van der Waals surface area contributed by atoms with E-state index in [9.17, 15) is 0 Å². The Hall–Kier alpha value is -1.81. The quantitative estimate of drug-likeness (QED) is 0.918. The SMILES string of the molecule is CCn1ncc(OC)c1C(N)c1cc(C)cc(C)c1. The third-order valence-electron chi connectivity index (χ3n) is 3.26. The molecule has 0 radical (unpaired) electrons. The minimum atomic E-state index is -0.226. The smallest absolute Gasteiger partial charge is 0.161 e. The van der Waals surface area contributed by atoms with Gasteiger partial charge in [0.25, 0.3) is 0 Å². The molecule has 2 N–H and O–H groups in total. The number of hydrogen-bond donors (Lipinski definition) is 1. The Bertz CT molecular complexity index is 533. The molecule has 19 heavy (non-hydrogen) atoms. The maximum absolute atomic E-state index is 6.41. The number of methoxy groups -OCH3 is 1. The van der Waals surface area contributed by atoms with Gasteiger partial charge in [0.15, 0.2) is 5.75 Å². The molecule has 4 nitrogen and oxygen atoms in total. The Labute approximate surface area is 114 Å². The van der Waals surface area contributed by atoms with Gasteiger partial charge >= 0.3 is 0 Å². The Morgan fingerprint density at radius 3 is 2.42 bits per heavy atom. The Morgan fingerprint density at radius 1 is 1.26 bits per heavy atom. The first-order valence-electron chi connectivity index (χ1n) is 6.50. The molecule has 0 saturated carbocycles.